The van der Waals surface area contributed by atoms with E-state index in [4.69, 9.17) is 0 Å². The average molecular weight is 277 g/mol. The predicted molar refractivity (Wildman–Crippen MR) is 92.8 cm³/mol. The first-order chi connectivity index (χ1) is 10.2. The van der Waals surface area contributed by atoms with Crippen LogP contribution in [0.4, 0.5) is 0 Å². The minimum absolute atomic E-state index is 0.449. The van der Waals surface area contributed by atoms with Crippen LogP contribution in [-0.2, 0) is 0 Å². The maximum atomic E-state index is 2.50. The second-order valence-corrected chi connectivity index (χ2v) is 5.66. The molecule has 0 radical (unpaired) electrons. The van der Waals surface area contributed by atoms with Crippen LogP contribution in [0.2, 0.25) is 0 Å². The zero-order valence-corrected chi connectivity index (χ0v) is 13.1. The molecule has 108 valence electrons. The largest absolute Gasteiger partial charge is 0.297 e. The number of hydrogen-bond acceptors (Lipinski definition) is 1. The van der Waals surface area contributed by atoms with Gasteiger partial charge in [-0.1, -0.05) is 56.3 Å². The van der Waals surface area contributed by atoms with Gasteiger partial charge in [-0.3, -0.25) is 4.90 Å². The van der Waals surface area contributed by atoms with Crippen molar-refractivity contribution in [2.75, 3.05) is 13.1 Å². The van der Waals surface area contributed by atoms with E-state index in [1.807, 2.05) is 0 Å². The summed E-state index contributed by atoms with van der Waals surface area (Å²) in [5.74, 6) is 0. The Labute approximate surface area is 127 Å². The van der Waals surface area contributed by atoms with Crippen LogP contribution < -0.4 is 0 Å². The van der Waals surface area contributed by atoms with E-state index in [1.165, 1.54) is 27.1 Å². The van der Waals surface area contributed by atoms with Crippen molar-refractivity contribution in [3.05, 3.63) is 60.2 Å². The summed E-state index contributed by atoms with van der Waals surface area (Å²) in [6.45, 7) is 8.96. The molecule has 0 aliphatic heterocycles. The molecule has 0 bridgehead atoms. The lowest BCUT2D eigenvalue weighted by atomic mass is 9.96. The number of nitrogens with zero attached hydrogens (tertiary/aromatic N) is 1. The molecule has 3 aromatic rings. The van der Waals surface area contributed by atoms with Crippen LogP contribution in [0.5, 0.6) is 0 Å². The van der Waals surface area contributed by atoms with Crippen LogP contribution in [0.3, 0.4) is 0 Å². The third kappa shape index (κ3) is 2.54. The topological polar surface area (TPSA) is 3.24 Å². The van der Waals surface area contributed by atoms with Crippen molar-refractivity contribution >= 4 is 21.5 Å². The molecular formula is C20H23N. The molecule has 0 amide bonds. The Morgan fingerprint density at radius 1 is 0.810 bits per heavy atom. The van der Waals surface area contributed by atoms with E-state index in [-0.39, 0.29) is 0 Å². The fourth-order valence-corrected chi connectivity index (χ4v) is 3.32. The van der Waals surface area contributed by atoms with Crippen molar-refractivity contribution in [1.82, 2.24) is 4.90 Å². The molecule has 0 aliphatic carbocycles. The molecule has 0 spiro atoms. The Hall–Kier alpha value is -1.86. The fourth-order valence-electron chi connectivity index (χ4n) is 3.32. The lowest BCUT2D eigenvalue weighted by Gasteiger charge is -2.27. The molecule has 1 nitrogen and oxygen atoms in total. The Kier molecular flexibility index (Phi) is 3.94. The molecule has 1 atom stereocenters. The van der Waals surface area contributed by atoms with Crippen LogP contribution >= 0.6 is 0 Å². The number of hydrogen-bond donors (Lipinski definition) is 0. The van der Waals surface area contributed by atoms with Crippen molar-refractivity contribution < 1.29 is 0 Å². The van der Waals surface area contributed by atoms with Gasteiger partial charge < -0.3 is 0 Å². The molecular weight excluding hydrogens is 254 g/mol. The minimum Gasteiger partial charge on any atom is -0.297 e. The van der Waals surface area contributed by atoms with Crippen molar-refractivity contribution in [3.8, 4) is 0 Å². The van der Waals surface area contributed by atoms with E-state index in [0.29, 0.717) is 6.04 Å². The van der Waals surface area contributed by atoms with Gasteiger partial charge in [0.25, 0.3) is 0 Å². The van der Waals surface area contributed by atoms with Crippen LogP contribution in [-0.4, -0.2) is 18.0 Å². The first-order valence-electron chi connectivity index (χ1n) is 7.90. The summed E-state index contributed by atoms with van der Waals surface area (Å²) in [5, 5.41) is 5.36. The van der Waals surface area contributed by atoms with E-state index in [2.05, 4.69) is 80.3 Å². The highest BCUT2D eigenvalue weighted by molar-refractivity contribution is 5.99. The maximum absolute atomic E-state index is 2.50. The summed E-state index contributed by atoms with van der Waals surface area (Å²) in [6.07, 6.45) is 0. The molecule has 0 fully saturated rings. The van der Waals surface area contributed by atoms with Crippen LogP contribution in [0.1, 0.15) is 32.4 Å². The van der Waals surface area contributed by atoms with E-state index in [0.717, 1.165) is 13.1 Å². The summed E-state index contributed by atoms with van der Waals surface area (Å²) in [4.78, 5) is 2.50. The Balaban J connectivity index is 2.21. The quantitative estimate of drug-likeness (QED) is 0.577. The van der Waals surface area contributed by atoms with Gasteiger partial charge in [-0.2, -0.15) is 0 Å². The van der Waals surface area contributed by atoms with E-state index >= 15 is 0 Å². The lowest BCUT2D eigenvalue weighted by Crippen LogP contribution is -2.26. The molecule has 0 aliphatic rings. The van der Waals surface area contributed by atoms with Crippen molar-refractivity contribution in [2.45, 2.75) is 26.8 Å². The Morgan fingerprint density at radius 3 is 2.10 bits per heavy atom. The monoisotopic (exact) mass is 277 g/mol. The van der Waals surface area contributed by atoms with Crippen molar-refractivity contribution in [2.24, 2.45) is 0 Å². The highest BCUT2D eigenvalue weighted by Crippen LogP contribution is 2.31. The number of fused-ring (bicyclic) bond motifs is 2. The molecule has 21 heavy (non-hydrogen) atoms. The standard InChI is InChI=1S/C20H23N/c1-4-21(5-2)15(3)19-12-8-11-18-13-16-9-6-7-10-17(16)14-20(18)19/h6-15H,4-5H2,1-3H3. The van der Waals surface area contributed by atoms with Gasteiger partial charge in [0.2, 0.25) is 0 Å². The molecule has 0 saturated carbocycles. The molecule has 0 N–H and O–H groups in total. The summed E-state index contributed by atoms with van der Waals surface area (Å²) in [7, 11) is 0. The molecule has 1 unspecified atom stereocenters. The molecule has 0 aromatic heterocycles. The summed E-state index contributed by atoms with van der Waals surface area (Å²) in [6, 6.07) is 20.4. The second kappa shape index (κ2) is 5.87. The maximum Gasteiger partial charge on any atom is 0.0325 e. The molecule has 3 rings (SSSR count). The average Bonchev–Trinajstić information content (AvgIpc) is 2.53. The van der Waals surface area contributed by atoms with Crippen LogP contribution in [0.25, 0.3) is 21.5 Å². The zero-order chi connectivity index (χ0) is 14.8. The van der Waals surface area contributed by atoms with Gasteiger partial charge in [-0.25, -0.2) is 0 Å². The number of benzene rings is 3. The second-order valence-electron chi connectivity index (χ2n) is 5.66. The zero-order valence-electron chi connectivity index (χ0n) is 13.1. The van der Waals surface area contributed by atoms with Crippen LogP contribution in [0.15, 0.2) is 54.6 Å². The van der Waals surface area contributed by atoms with Crippen molar-refractivity contribution in [3.63, 3.8) is 0 Å². The normalized spacial score (nSPS) is 13.1. The number of rotatable bonds is 4. The van der Waals surface area contributed by atoms with Crippen LogP contribution in [0, 0.1) is 0 Å². The van der Waals surface area contributed by atoms with Gasteiger partial charge >= 0.3 is 0 Å². The van der Waals surface area contributed by atoms with Gasteiger partial charge in [0.05, 0.1) is 0 Å². The highest BCUT2D eigenvalue weighted by Gasteiger charge is 2.15. The third-order valence-electron chi connectivity index (χ3n) is 4.59. The minimum atomic E-state index is 0.449. The van der Waals surface area contributed by atoms with Gasteiger partial charge in [0, 0.05) is 6.04 Å². The van der Waals surface area contributed by atoms with Gasteiger partial charge in [-0.05, 0) is 59.3 Å². The predicted octanol–water partition coefficient (Wildman–Crippen LogP) is 5.40. The van der Waals surface area contributed by atoms with E-state index in [9.17, 15) is 0 Å². The summed E-state index contributed by atoms with van der Waals surface area (Å²) in [5.41, 5.74) is 1.43. The smallest absolute Gasteiger partial charge is 0.0325 e. The Morgan fingerprint density at radius 2 is 1.43 bits per heavy atom. The molecule has 0 saturated heterocycles. The summed E-state index contributed by atoms with van der Waals surface area (Å²) < 4.78 is 0. The lowest BCUT2D eigenvalue weighted by molar-refractivity contribution is 0.235. The first-order valence-corrected chi connectivity index (χ1v) is 7.90. The van der Waals surface area contributed by atoms with Gasteiger partial charge in [-0.15, -0.1) is 0 Å². The van der Waals surface area contributed by atoms with Crippen molar-refractivity contribution in [1.29, 1.82) is 0 Å². The van der Waals surface area contributed by atoms with E-state index in [1.54, 1.807) is 0 Å². The third-order valence-corrected chi connectivity index (χ3v) is 4.59. The Bertz CT molecular complexity index is 756. The SMILES string of the molecule is CCN(CC)C(C)c1cccc2cc3ccccc3cc12. The van der Waals surface area contributed by atoms with Gasteiger partial charge in [0.1, 0.15) is 0 Å². The summed E-state index contributed by atoms with van der Waals surface area (Å²) >= 11 is 0. The molecule has 0 heterocycles. The first kappa shape index (κ1) is 14.1. The molecule has 3 aromatic carbocycles. The van der Waals surface area contributed by atoms with E-state index < -0.39 is 0 Å². The molecule has 1 heteroatoms. The fraction of sp³-hybridized carbons (Fsp3) is 0.300. The van der Waals surface area contributed by atoms with Gasteiger partial charge in [0.15, 0.2) is 0 Å². The highest BCUT2D eigenvalue weighted by atomic mass is 15.1.